The van der Waals surface area contributed by atoms with Gasteiger partial charge in [-0.25, -0.2) is 0 Å². The highest BCUT2D eigenvalue weighted by Crippen LogP contribution is 2.24. The van der Waals surface area contributed by atoms with E-state index in [1.54, 1.807) is 35.9 Å². The Morgan fingerprint density at radius 2 is 1.63 bits per heavy atom. The highest BCUT2D eigenvalue weighted by molar-refractivity contribution is 8.00. The minimum Gasteiger partial charge on any atom is -0.326 e. The Morgan fingerprint density at radius 3 is 2.26 bits per heavy atom. The van der Waals surface area contributed by atoms with E-state index in [1.165, 1.54) is 18.7 Å². The molecule has 0 aliphatic carbocycles. The van der Waals surface area contributed by atoms with Gasteiger partial charge >= 0.3 is 0 Å². The van der Waals surface area contributed by atoms with Crippen molar-refractivity contribution < 1.29 is 9.59 Å². The topological polar surface area (TPSA) is 102 Å². The molecule has 1 aromatic heterocycles. The molecule has 9 heteroatoms. The van der Waals surface area contributed by atoms with Crippen LogP contribution in [0.1, 0.15) is 13.8 Å². The van der Waals surface area contributed by atoms with Gasteiger partial charge in [0.1, 0.15) is 0 Å². The summed E-state index contributed by atoms with van der Waals surface area (Å²) in [6.07, 6.45) is 0. The van der Waals surface area contributed by atoms with Crippen LogP contribution in [-0.2, 0) is 9.59 Å². The minimum absolute atomic E-state index is 0.145. The van der Waals surface area contributed by atoms with Crippen molar-refractivity contribution in [2.24, 2.45) is 0 Å². The average molecular weight is 382 g/mol. The first-order valence-corrected chi connectivity index (χ1v) is 9.10. The van der Waals surface area contributed by atoms with Gasteiger partial charge in [0.15, 0.2) is 0 Å². The number of hydrogen-bond acceptors (Lipinski definition) is 6. The zero-order valence-corrected chi connectivity index (χ0v) is 15.6. The molecule has 0 unspecified atom stereocenters. The lowest BCUT2D eigenvalue weighted by molar-refractivity contribution is -0.115. The number of benzene rings is 2. The van der Waals surface area contributed by atoms with Crippen LogP contribution in [0.15, 0.2) is 59.8 Å². The van der Waals surface area contributed by atoms with E-state index in [2.05, 4.69) is 26.2 Å². The maximum absolute atomic E-state index is 12.5. The number of carbonyl (C=O) groups is 2. The number of carbonyl (C=O) groups excluding carboxylic acids is 2. The Hall–Kier alpha value is -3.20. The molecule has 0 saturated carbocycles. The van der Waals surface area contributed by atoms with Gasteiger partial charge in [-0.1, -0.05) is 30.0 Å². The fourth-order valence-electron chi connectivity index (χ4n) is 2.28. The predicted octanol–water partition coefficient (Wildman–Crippen LogP) is 2.74. The molecule has 3 rings (SSSR count). The summed E-state index contributed by atoms with van der Waals surface area (Å²) < 4.78 is 1.59. The molecule has 0 aliphatic rings. The molecule has 0 aliphatic heterocycles. The lowest BCUT2D eigenvalue weighted by atomic mass is 10.2. The molecule has 138 valence electrons. The number of anilines is 2. The van der Waals surface area contributed by atoms with Crippen molar-refractivity contribution in [1.82, 2.24) is 20.2 Å². The van der Waals surface area contributed by atoms with Gasteiger partial charge in [-0.3, -0.25) is 9.59 Å². The maximum Gasteiger partial charge on any atom is 0.237 e. The summed E-state index contributed by atoms with van der Waals surface area (Å²) in [5.41, 5.74) is 2.14. The van der Waals surface area contributed by atoms with Gasteiger partial charge in [0.25, 0.3) is 0 Å². The molecule has 0 fully saturated rings. The van der Waals surface area contributed by atoms with E-state index in [1.807, 2.05) is 30.3 Å². The first-order valence-electron chi connectivity index (χ1n) is 8.22. The van der Waals surface area contributed by atoms with Crippen LogP contribution in [0.2, 0.25) is 0 Å². The Labute approximate surface area is 160 Å². The largest absolute Gasteiger partial charge is 0.326 e. The molecule has 0 radical (unpaired) electrons. The third kappa shape index (κ3) is 4.91. The van der Waals surface area contributed by atoms with Crippen molar-refractivity contribution in [3.63, 3.8) is 0 Å². The smallest absolute Gasteiger partial charge is 0.237 e. The fourth-order valence-corrected chi connectivity index (χ4v) is 3.09. The summed E-state index contributed by atoms with van der Waals surface area (Å²) in [6.45, 7) is 3.23. The normalized spacial score (nSPS) is 11.6. The van der Waals surface area contributed by atoms with Crippen LogP contribution in [-0.4, -0.2) is 37.3 Å². The zero-order valence-electron chi connectivity index (χ0n) is 14.8. The quantitative estimate of drug-likeness (QED) is 0.636. The molecule has 27 heavy (non-hydrogen) atoms. The number of nitrogens with zero attached hydrogens (tertiary/aromatic N) is 4. The van der Waals surface area contributed by atoms with Gasteiger partial charge in [0.2, 0.25) is 17.0 Å². The van der Waals surface area contributed by atoms with Crippen molar-refractivity contribution in [1.29, 1.82) is 0 Å². The van der Waals surface area contributed by atoms with Crippen molar-refractivity contribution in [3.8, 4) is 5.69 Å². The number of rotatable bonds is 6. The fraction of sp³-hybridized carbons (Fsp3) is 0.167. The lowest BCUT2D eigenvalue weighted by Crippen LogP contribution is -2.23. The van der Waals surface area contributed by atoms with Gasteiger partial charge in [-0.05, 0) is 53.7 Å². The van der Waals surface area contributed by atoms with E-state index in [4.69, 9.17) is 0 Å². The van der Waals surface area contributed by atoms with Gasteiger partial charge in [0, 0.05) is 18.3 Å². The second-order valence-electron chi connectivity index (χ2n) is 5.72. The number of tetrazole rings is 1. The first kappa shape index (κ1) is 18.6. The molecule has 0 bridgehead atoms. The number of aromatic nitrogens is 4. The van der Waals surface area contributed by atoms with Crippen LogP contribution in [0.25, 0.3) is 5.69 Å². The Balaban J connectivity index is 1.63. The SMILES string of the molecule is CC(=O)Nc1ccc(NC(=O)[C@H](C)Sc2nnnn2-c2ccccc2)cc1. The van der Waals surface area contributed by atoms with Crippen molar-refractivity contribution in [2.45, 2.75) is 24.3 Å². The second-order valence-corrected chi connectivity index (χ2v) is 7.02. The van der Waals surface area contributed by atoms with Crippen LogP contribution < -0.4 is 10.6 Å². The number of para-hydroxylation sites is 1. The maximum atomic E-state index is 12.5. The molecule has 0 saturated heterocycles. The number of thioether (sulfide) groups is 1. The van der Waals surface area contributed by atoms with E-state index in [0.717, 1.165) is 5.69 Å². The molecular weight excluding hydrogens is 364 g/mol. The number of nitrogens with one attached hydrogen (secondary N) is 2. The molecule has 0 spiro atoms. The van der Waals surface area contributed by atoms with Gasteiger partial charge in [-0.15, -0.1) is 5.10 Å². The highest BCUT2D eigenvalue weighted by atomic mass is 32.2. The molecule has 2 N–H and O–H groups in total. The van der Waals surface area contributed by atoms with Crippen molar-refractivity contribution in [2.75, 3.05) is 10.6 Å². The molecule has 1 atom stereocenters. The average Bonchev–Trinajstić information content (AvgIpc) is 3.11. The summed E-state index contributed by atoms with van der Waals surface area (Å²) in [7, 11) is 0. The minimum atomic E-state index is -0.409. The zero-order chi connectivity index (χ0) is 19.2. The molecular formula is C18H18N6O2S. The number of amides is 2. The van der Waals surface area contributed by atoms with E-state index in [-0.39, 0.29) is 11.8 Å². The van der Waals surface area contributed by atoms with Gasteiger partial charge in [0.05, 0.1) is 10.9 Å². The third-order valence-electron chi connectivity index (χ3n) is 3.57. The summed E-state index contributed by atoms with van der Waals surface area (Å²) >= 11 is 1.27. The Bertz CT molecular complexity index is 927. The van der Waals surface area contributed by atoms with E-state index < -0.39 is 5.25 Å². The van der Waals surface area contributed by atoms with Crippen LogP contribution in [0.3, 0.4) is 0 Å². The van der Waals surface area contributed by atoms with Crippen LogP contribution >= 0.6 is 11.8 Å². The standard InChI is InChI=1S/C18H18N6O2S/c1-12(17(26)20-15-10-8-14(9-11-15)19-13(2)25)27-18-21-22-23-24(18)16-6-4-3-5-7-16/h3-12H,1-2H3,(H,19,25)(H,20,26)/t12-/m0/s1. The van der Waals surface area contributed by atoms with E-state index in [9.17, 15) is 9.59 Å². The van der Waals surface area contributed by atoms with Crippen molar-refractivity contribution in [3.05, 3.63) is 54.6 Å². The van der Waals surface area contributed by atoms with Gasteiger partial charge in [-0.2, -0.15) is 4.68 Å². The van der Waals surface area contributed by atoms with Crippen LogP contribution in [0, 0.1) is 0 Å². The summed E-state index contributed by atoms with van der Waals surface area (Å²) in [4.78, 5) is 23.5. The second kappa shape index (κ2) is 8.45. The summed E-state index contributed by atoms with van der Waals surface area (Å²) in [5, 5.41) is 17.3. The molecule has 8 nitrogen and oxygen atoms in total. The monoisotopic (exact) mass is 382 g/mol. The lowest BCUT2D eigenvalue weighted by Gasteiger charge is -2.12. The summed E-state index contributed by atoms with van der Waals surface area (Å²) in [6, 6.07) is 16.4. The highest BCUT2D eigenvalue weighted by Gasteiger charge is 2.19. The molecule has 2 amide bonds. The van der Waals surface area contributed by atoms with E-state index >= 15 is 0 Å². The van der Waals surface area contributed by atoms with E-state index in [0.29, 0.717) is 16.5 Å². The third-order valence-corrected chi connectivity index (χ3v) is 4.60. The van der Waals surface area contributed by atoms with Crippen LogP contribution in [0.4, 0.5) is 11.4 Å². The Kier molecular flexibility index (Phi) is 5.82. The van der Waals surface area contributed by atoms with Gasteiger partial charge < -0.3 is 10.6 Å². The molecule has 1 heterocycles. The Morgan fingerprint density at radius 1 is 1.00 bits per heavy atom. The molecule has 3 aromatic rings. The first-order chi connectivity index (χ1) is 13.0. The summed E-state index contributed by atoms with van der Waals surface area (Å²) in [5.74, 6) is -0.317. The predicted molar refractivity (Wildman–Crippen MR) is 104 cm³/mol. The van der Waals surface area contributed by atoms with Crippen LogP contribution in [0.5, 0.6) is 0 Å². The number of hydrogen-bond donors (Lipinski definition) is 2. The molecule has 2 aromatic carbocycles. The van der Waals surface area contributed by atoms with Crippen molar-refractivity contribution >= 4 is 35.0 Å².